The minimum Gasteiger partial charge on any atom is -0.338 e. The molecule has 18 heavy (non-hydrogen) atoms. The van der Waals surface area contributed by atoms with Gasteiger partial charge in [0.15, 0.2) is 0 Å². The van der Waals surface area contributed by atoms with Gasteiger partial charge in [-0.15, -0.1) is 0 Å². The molecule has 1 aliphatic rings. The molecule has 0 aromatic carbocycles. The van der Waals surface area contributed by atoms with Gasteiger partial charge in [-0.1, -0.05) is 0 Å². The first kappa shape index (κ1) is 13.1. The average molecular weight is 250 g/mol. The lowest BCUT2D eigenvalue weighted by molar-refractivity contribution is -0.135. The number of carbonyl (C=O) groups excluding carboxylic acids is 1. The largest absolute Gasteiger partial charge is 0.338 e. The summed E-state index contributed by atoms with van der Waals surface area (Å²) in [6.07, 6.45) is 7.42. The van der Waals surface area contributed by atoms with Crippen LogP contribution in [0.4, 0.5) is 0 Å². The number of rotatable bonds is 4. The van der Waals surface area contributed by atoms with Gasteiger partial charge in [-0.2, -0.15) is 5.10 Å². The highest BCUT2D eigenvalue weighted by molar-refractivity contribution is 5.76. The number of hydrogen-bond acceptors (Lipinski definition) is 3. The quantitative estimate of drug-likeness (QED) is 0.867. The van der Waals surface area contributed by atoms with Gasteiger partial charge in [0.2, 0.25) is 5.91 Å². The molecule has 2 heterocycles. The molecule has 0 aliphatic carbocycles. The molecule has 2 N–H and O–H groups in total. The molecule has 1 fully saturated rings. The van der Waals surface area contributed by atoms with E-state index in [2.05, 4.69) is 5.10 Å². The van der Waals surface area contributed by atoms with Gasteiger partial charge in [0, 0.05) is 44.0 Å². The molecule has 0 saturated carbocycles. The molecule has 5 heteroatoms. The number of likely N-dealkylation sites (tertiary alicyclic amines) is 1. The molecule has 1 aromatic rings. The van der Waals surface area contributed by atoms with Gasteiger partial charge in [0.1, 0.15) is 0 Å². The van der Waals surface area contributed by atoms with Crippen LogP contribution in [-0.4, -0.2) is 39.2 Å². The van der Waals surface area contributed by atoms with Crippen molar-refractivity contribution in [2.24, 2.45) is 5.73 Å². The van der Waals surface area contributed by atoms with Crippen molar-refractivity contribution in [2.45, 2.75) is 51.2 Å². The topological polar surface area (TPSA) is 64.2 Å². The number of piperidine rings is 1. The van der Waals surface area contributed by atoms with Crippen molar-refractivity contribution in [2.75, 3.05) is 6.54 Å². The van der Waals surface area contributed by atoms with Gasteiger partial charge in [0.05, 0.1) is 0 Å². The molecular weight excluding hydrogens is 228 g/mol. The Morgan fingerprint density at radius 1 is 1.56 bits per heavy atom. The smallest absolute Gasteiger partial charge is 0.224 e. The van der Waals surface area contributed by atoms with Crippen LogP contribution in [0.25, 0.3) is 0 Å². The van der Waals surface area contributed by atoms with Crippen LogP contribution in [-0.2, 0) is 11.3 Å². The monoisotopic (exact) mass is 250 g/mol. The van der Waals surface area contributed by atoms with Gasteiger partial charge >= 0.3 is 0 Å². The summed E-state index contributed by atoms with van der Waals surface area (Å²) in [4.78, 5) is 14.2. The third kappa shape index (κ3) is 3.10. The molecular formula is C13H22N4O. The summed E-state index contributed by atoms with van der Waals surface area (Å²) in [5.74, 6) is 0.201. The van der Waals surface area contributed by atoms with Crippen molar-refractivity contribution in [3.63, 3.8) is 0 Å². The fourth-order valence-corrected chi connectivity index (χ4v) is 2.60. The van der Waals surface area contributed by atoms with E-state index in [-0.39, 0.29) is 18.0 Å². The fraction of sp³-hybridized carbons (Fsp3) is 0.692. The SMILES string of the molecule is CC(N)C1CCCCN1C(=O)CCn1cccn1. The summed E-state index contributed by atoms with van der Waals surface area (Å²) in [5.41, 5.74) is 5.97. The first-order chi connectivity index (χ1) is 8.68. The standard InChI is InChI=1S/C13H22N4O/c1-11(14)12-5-2-3-9-17(12)13(18)6-10-16-8-4-7-15-16/h4,7-8,11-12H,2-3,5-6,9-10,14H2,1H3. The number of nitrogens with two attached hydrogens (primary N) is 1. The van der Waals surface area contributed by atoms with Crippen molar-refractivity contribution in [1.82, 2.24) is 14.7 Å². The minimum absolute atomic E-state index is 0.0546. The van der Waals surface area contributed by atoms with Gasteiger partial charge in [0.25, 0.3) is 0 Å². The third-order valence-electron chi connectivity index (χ3n) is 3.59. The molecule has 1 aliphatic heterocycles. The van der Waals surface area contributed by atoms with Crippen LogP contribution in [0.2, 0.25) is 0 Å². The number of aryl methyl sites for hydroxylation is 1. The Labute approximate surface area is 108 Å². The Bertz CT molecular complexity index is 374. The molecule has 1 amide bonds. The van der Waals surface area contributed by atoms with Crippen molar-refractivity contribution < 1.29 is 4.79 Å². The lowest BCUT2D eigenvalue weighted by Crippen LogP contribution is -2.51. The van der Waals surface area contributed by atoms with Crippen molar-refractivity contribution >= 4 is 5.91 Å². The second kappa shape index (κ2) is 6.00. The highest BCUT2D eigenvalue weighted by atomic mass is 16.2. The number of amides is 1. The van der Waals surface area contributed by atoms with E-state index in [1.165, 1.54) is 6.42 Å². The first-order valence-corrected chi connectivity index (χ1v) is 6.71. The fourth-order valence-electron chi connectivity index (χ4n) is 2.60. The summed E-state index contributed by atoms with van der Waals surface area (Å²) in [6.45, 7) is 3.49. The molecule has 5 nitrogen and oxygen atoms in total. The summed E-state index contributed by atoms with van der Waals surface area (Å²) in [6, 6.07) is 2.14. The lowest BCUT2D eigenvalue weighted by Gasteiger charge is -2.38. The van der Waals surface area contributed by atoms with Gasteiger partial charge < -0.3 is 10.6 Å². The highest BCUT2D eigenvalue weighted by Gasteiger charge is 2.28. The third-order valence-corrected chi connectivity index (χ3v) is 3.59. The normalized spacial score (nSPS) is 21.9. The molecule has 2 atom stereocenters. The Balaban J connectivity index is 1.90. The zero-order valence-electron chi connectivity index (χ0n) is 11.0. The maximum atomic E-state index is 12.2. The Hall–Kier alpha value is -1.36. The van der Waals surface area contributed by atoms with Crippen LogP contribution in [0, 0.1) is 0 Å². The predicted octanol–water partition coefficient (Wildman–Crippen LogP) is 1.00. The van der Waals surface area contributed by atoms with Gasteiger partial charge in [-0.25, -0.2) is 0 Å². The van der Waals surface area contributed by atoms with E-state index in [1.807, 2.05) is 24.1 Å². The summed E-state index contributed by atoms with van der Waals surface area (Å²) >= 11 is 0. The maximum Gasteiger partial charge on any atom is 0.224 e. The molecule has 0 spiro atoms. The van der Waals surface area contributed by atoms with Crippen LogP contribution in [0.15, 0.2) is 18.5 Å². The zero-order chi connectivity index (χ0) is 13.0. The summed E-state index contributed by atoms with van der Waals surface area (Å²) in [5, 5.41) is 4.11. The number of nitrogens with zero attached hydrogens (tertiary/aromatic N) is 3. The van der Waals surface area contributed by atoms with Gasteiger partial charge in [-0.3, -0.25) is 9.48 Å². The van der Waals surface area contributed by atoms with Crippen LogP contribution in [0.5, 0.6) is 0 Å². The Kier molecular flexibility index (Phi) is 4.36. The number of aromatic nitrogens is 2. The minimum atomic E-state index is 0.0546. The zero-order valence-corrected chi connectivity index (χ0v) is 11.0. The molecule has 100 valence electrons. The molecule has 2 rings (SSSR count). The van der Waals surface area contributed by atoms with Crippen LogP contribution < -0.4 is 5.73 Å². The van der Waals surface area contributed by atoms with Crippen molar-refractivity contribution in [3.8, 4) is 0 Å². The van der Waals surface area contributed by atoms with E-state index in [0.717, 1.165) is 19.4 Å². The van der Waals surface area contributed by atoms with Crippen molar-refractivity contribution in [1.29, 1.82) is 0 Å². The van der Waals surface area contributed by atoms with E-state index >= 15 is 0 Å². The maximum absolute atomic E-state index is 12.2. The van der Waals surface area contributed by atoms with E-state index in [0.29, 0.717) is 13.0 Å². The average Bonchev–Trinajstić information content (AvgIpc) is 2.89. The highest BCUT2D eigenvalue weighted by Crippen LogP contribution is 2.19. The lowest BCUT2D eigenvalue weighted by atomic mass is 9.96. The molecule has 1 aromatic heterocycles. The van der Waals surface area contributed by atoms with E-state index in [4.69, 9.17) is 5.73 Å². The Morgan fingerprint density at radius 2 is 2.39 bits per heavy atom. The second-order valence-electron chi connectivity index (χ2n) is 5.03. The predicted molar refractivity (Wildman–Crippen MR) is 69.8 cm³/mol. The molecule has 0 radical (unpaired) electrons. The van der Waals surface area contributed by atoms with E-state index in [1.54, 1.807) is 10.9 Å². The van der Waals surface area contributed by atoms with E-state index in [9.17, 15) is 4.79 Å². The molecule has 0 bridgehead atoms. The summed E-state index contributed by atoms with van der Waals surface area (Å²) in [7, 11) is 0. The van der Waals surface area contributed by atoms with Crippen LogP contribution >= 0.6 is 0 Å². The van der Waals surface area contributed by atoms with Crippen molar-refractivity contribution in [3.05, 3.63) is 18.5 Å². The van der Waals surface area contributed by atoms with Crippen LogP contribution in [0.3, 0.4) is 0 Å². The first-order valence-electron chi connectivity index (χ1n) is 6.71. The number of hydrogen-bond donors (Lipinski definition) is 1. The second-order valence-corrected chi connectivity index (χ2v) is 5.03. The Morgan fingerprint density at radius 3 is 3.06 bits per heavy atom. The molecule has 2 unspecified atom stereocenters. The molecule has 1 saturated heterocycles. The van der Waals surface area contributed by atoms with Gasteiger partial charge in [-0.05, 0) is 32.3 Å². The van der Waals surface area contributed by atoms with E-state index < -0.39 is 0 Å². The van der Waals surface area contributed by atoms with Crippen LogP contribution in [0.1, 0.15) is 32.6 Å². The number of carbonyl (C=O) groups is 1. The summed E-state index contributed by atoms with van der Waals surface area (Å²) < 4.78 is 1.79.